The summed E-state index contributed by atoms with van der Waals surface area (Å²) in [6.07, 6.45) is 2.68. The molecule has 2 N–H and O–H groups in total. The van der Waals surface area contributed by atoms with E-state index in [0.29, 0.717) is 12.8 Å². The van der Waals surface area contributed by atoms with Crippen LogP contribution in [0, 0.1) is 0 Å². The highest BCUT2D eigenvalue weighted by molar-refractivity contribution is 7.89. The molecule has 0 radical (unpaired) electrons. The van der Waals surface area contributed by atoms with Crippen LogP contribution >= 0.6 is 0 Å². The summed E-state index contributed by atoms with van der Waals surface area (Å²) in [5, 5.41) is 9.21. The fourth-order valence-electron chi connectivity index (χ4n) is 1.53. The summed E-state index contributed by atoms with van der Waals surface area (Å²) in [5.74, 6) is 0.131. The molecule has 0 bridgehead atoms. The molecule has 0 atom stereocenters. The second-order valence-corrected chi connectivity index (χ2v) is 5.57. The highest BCUT2D eigenvalue weighted by atomic mass is 32.2. The topological polar surface area (TPSA) is 66.4 Å². The van der Waals surface area contributed by atoms with Crippen LogP contribution in [-0.2, 0) is 10.0 Å². The van der Waals surface area contributed by atoms with Crippen LogP contribution in [0.3, 0.4) is 0 Å². The van der Waals surface area contributed by atoms with E-state index in [1.54, 1.807) is 6.92 Å². The van der Waals surface area contributed by atoms with Gasteiger partial charge in [-0.2, -0.15) is 0 Å². The minimum atomic E-state index is -3.07. The van der Waals surface area contributed by atoms with Crippen LogP contribution in [0.4, 0.5) is 0 Å². The maximum atomic E-state index is 11.2. The number of rotatable bonds is 3. The molecule has 78 valence electrons. The number of hydrogen-bond donors (Lipinski definition) is 2. The lowest BCUT2D eigenvalue weighted by molar-refractivity contribution is 0.120. The van der Waals surface area contributed by atoms with Crippen LogP contribution in [-0.4, -0.2) is 31.4 Å². The van der Waals surface area contributed by atoms with Gasteiger partial charge in [-0.25, -0.2) is 13.1 Å². The standard InChI is InChI=1S/C8H17NO3S/c1-2-13(11,12)9-7-3-5-8(10)6-4-7/h7-10H,2-6H2,1H3. The molecule has 0 unspecified atom stereocenters. The Morgan fingerprint density at radius 1 is 1.31 bits per heavy atom. The lowest BCUT2D eigenvalue weighted by Crippen LogP contribution is -2.39. The highest BCUT2D eigenvalue weighted by Crippen LogP contribution is 2.18. The van der Waals surface area contributed by atoms with Crippen molar-refractivity contribution >= 4 is 10.0 Å². The summed E-state index contributed by atoms with van der Waals surface area (Å²) in [7, 11) is -3.07. The van der Waals surface area contributed by atoms with E-state index in [1.807, 2.05) is 0 Å². The Balaban J connectivity index is 2.39. The number of sulfonamides is 1. The fourth-order valence-corrected chi connectivity index (χ4v) is 2.44. The van der Waals surface area contributed by atoms with Crippen molar-refractivity contribution < 1.29 is 13.5 Å². The summed E-state index contributed by atoms with van der Waals surface area (Å²) in [4.78, 5) is 0. The molecule has 0 saturated heterocycles. The van der Waals surface area contributed by atoms with Crippen molar-refractivity contribution in [1.29, 1.82) is 0 Å². The SMILES string of the molecule is CCS(=O)(=O)NC1CCC(O)CC1. The van der Waals surface area contributed by atoms with Crippen molar-refractivity contribution in [2.45, 2.75) is 44.8 Å². The van der Waals surface area contributed by atoms with Crippen LogP contribution in [0.25, 0.3) is 0 Å². The molecule has 4 nitrogen and oxygen atoms in total. The molecule has 0 amide bonds. The molecule has 1 saturated carbocycles. The van der Waals surface area contributed by atoms with Gasteiger partial charge in [-0.05, 0) is 32.6 Å². The zero-order valence-electron chi connectivity index (χ0n) is 7.86. The first-order chi connectivity index (χ1) is 6.03. The van der Waals surface area contributed by atoms with Crippen molar-refractivity contribution in [3.63, 3.8) is 0 Å². The molecule has 1 fully saturated rings. The van der Waals surface area contributed by atoms with Gasteiger partial charge in [0.05, 0.1) is 11.9 Å². The van der Waals surface area contributed by atoms with E-state index in [1.165, 1.54) is 0 Å². The molecular formula is C8H17NO3S. The molecule has 1 aliphatic rings. The molecular weight excluding hydrogens is 190 g/mol. The number of nitrogens with one attached hydrogen (secondary N) is 1. The first-order valence-corrected chi connectivity index (χ1v) is 6.37. The summed E-state index contributed by atoms with van der Waals surface area (Å²) >= 11 is 0. The average Bonchev–Trinajstić information content (AvgIpc) is 2.09. The first-order valence-electron chi connectivity index (χ1n) is 4.71. The lowest BCUT2D eigenvalue weighted by atomic mass is 9.94. The Kier molecular flexibility index (Phi) is 3.70. The van der Waals surface area contributed by atoms with E-state index >= 15 is 0 Å². The van der Waals surface area contributed by atoms with Crippen molar-refractivity contribution in [1.82, 2.24) is 4.72 Å². The lowest BCUT2D eigenvalue weighted by Gasteiger charge is -2.25. The zero-order chi connectivity index (χ0) is 9.90. The molecule has 0 spiro atoms. The summed E-state index contributed by atoms with van der Waals surface area (Å²) < 4.78 is 25.0. The second-order valence-electron chi connectivity index (χ2n) is 3.53. The molecule has 13 heavy (non-hydrogen) atoms. The van der Waals surface area contributed by atoms with Gasteiger partial charge in [0.15, 0.2) is 0 Å². The molecule has 0 aliphatic heterocycles. The Morgan fingerprint density at radius 3 is 2.31 bits per heavy atom. The van der Waals surface area contributed by atoms with Gasteiger partial charge >= 0.3 is 0 Å². The van der Waals surface area contributed by atoms with Gasteiger partial charge < -0.3 is 5.11 Å². The van der Waals surface area contributed by atoms with Crippen LogP contribution in [0.5, 0.6) is 0 Å². The van der Waals surface area contributed by atoms with Crippen LogP contribution < -0.4 is 4.72 Å². The predicted octanol–water partition coefficient (Wildman–Crippen LogP) is 0.229. The van der Waals surface area contributed by atoms with Crippen molar-refractivity contribution in [3.8, 4) is 0 Å². The Bertz CT molecular complexity index is 242. The van der Waals surface area contributed by atoms with Crippen molar-refractivity contribution in [2.75, 3.05) is 5.75 Å². The Hall–Kier alpha value is -0.130. The third kappa shape index (κ3) is 3.62. The first kappa shape index (κ1) is 10.9. The van der Waals surface area contributed by atoms with Crippen LogP contribution in [0.1, 0.15) is 32.6 Å². The largest absolute Gasteiger partial charge is 0.393 e. The van der Waals surface area contributed by atoms with E-state index in [9.17, 15) is 13.5 Å². The Morgan fingerprint density at radius 2 is 1.85 bits per heavy atom. The monoisotopic (exact) mass is 207 g/mol. The molecule has 0 aromatic carbocycles. The van der Waals surface area contributed by atoms with E-state index in [-0.39, 0.29) is 17.9 Å². The summed E-state index contributed by atoms with van der Waals surface area (Å²) in [5.41, 5.74) is 0. The smallest absolute Gasteiger partial charge is 0.211 e. The minimum Gasteiger partial charge on any atom is -0.393 e. The maximum Gasteiger partial charge on any atom is 0.211 e. The van der Waals surface area contributed by atoms with E-state index in [0.717, 1.165) is 12.8 Å². The fraction of sp³-hybridized carbons (Fsp3) is 1.00. The van der Waals surface area contributed by atoms with Gasteiger partial charge in [0.1, 0.15) is 0 Å². The zero-order valence-corrected chi connectivity index (χ0v) is 8.68. The van der Waals surface area contributed by atoms with Gasteiger partial charge in [0.2, 0.25) is 10.0 Å². The van der Waals surface area contributed by atoms with Gasteiger partial charge in [0, 0.05) is 6.04 Å². The number of aliphatic hydroxyl groups excluding tert-OH is 1. The normalized spacial score (nSPS) is 30.3. The minimum absolute atomic E-state index is 0.0355. The highest BCUT2D eigenvalue weighted by Gasteiger charge is 2.22. The van der Waals surface area contributed by atoms with Gasteiger partial charge in [-0.1, -0.05) is 0 Å². The molecule has 0 aromatic heterocycles. The average molecular weight is 207 g/mol. The predicted molar refractivity (Wildman–Crippen MR) is 50.9 cm³/mol. The molecule has 0 aromatic rings. The molecule has 1 rings (SSSR count). The van der Waals surface area contributed by atoms with Crippen LogP contribution in [0.2, 0.25) is 0 Å². The third-order valence-electron chi connectivity index (χ3n) is 2.42. The van der Waals surface area contributed by atoms with E-state index in [4.69, 9.17) is 0 Å². The van der Waals surface area contributed by atoms with Gasteiger partial charge in [-0.3, -0.25) is 0 Å². The van der Waals surface area contributed by atoms with Crippen molar-refractivity contribution in [2.24, 2.45) is 0 Å². The number of aliphatic hydroxyl groups is 1. The van der Waals surface area contributed by atoms with E-state index in [2.05, 4.69) is 4.72 Å². The molecule has 1 aliphatic carbocycles. The maximum absolute atomic E-state index is 11.2. The third-order valence-corrected chi connectivity index (χ3v) is 3.88. The van der Waals surface area contributed by atoms with Gasteiger partial charge in [-0.15, -0.1) is 0 Å². The molecule has 0 heterocycles. The second kappa shape index (κ2) is 4.39. The van der Waals surface area contributed by atoms with Crippen molar-refractivity contribution in [3.05, 3.63) is 0 Å². The van der Waals surface area contributed by atoms with Crippen LogP contribution in [0.15, 0.2) is 0 Å². The summed E-state index contributed by atoms with van der Waals surface area (Å²) in [6.45, 7) is 1.63. The number of hydrogen-bond acceptors (Lipinski definition) is 3. The summed E-state index contributed by atoms with van der Waals surface area (Å²) in [6, 6.07) is 0.0355. The van der Waals surface area contributed by atoms with Gasteiger partial charge in [0.25, 0.3) is 0 Å². The quantitative estimate of drug-likeness (QED) is 0.696. The molecule has 5 heteroatoms. The van der Waals surface area contributed by atoms with E-state index < -0.39 is 10.0 Å². The Labute approximate surface area is 79.4 Å².